The van der Waals surface area contributed by atoms with Crippen LogP contribution >= 0.6 is 23.8 Å². The Balaban J connectivity index is 2.11. The number of ether oxygens (including phenoxy) is 2. The molecule has 2 aromatic rings. The first kappa shape index (κ1) is 18.8. The molecule has 0 unspecified atom stereocenters. The molecule has 0 aliphatic rings. The molecule has 0 aliphatic heterocycles. The third-order valence-electron chi connectivity index (χ3n) is 3.33. The normalized spacial score (nSPS) is 11.0. The number of anilines is 1. The summed E-state index contributed by atoms with van der Waals surface area (Å²) in [5.41, 5.74) is 4.40. The molecule has 0 atom stereocenters. The van der Waals surface area contributed by atoms with E-state index in [-0.39, 0.29) is 10.9 Å². The van der Waals surface area contributed by atoms with Gasteiger partial charge in [0.25, 0.3) is 0 Å². The predicted octanol–water partition coefficient (Wildman–Crippen LogP) is 3.77. The number of rotatable bonds is 5. The molecule has 0 spiro atoms. The standard InChI is InChI=1S/C17H18ClN3O3S/c1-10(13-8-11(18)4-6-15(13)22)20-21-17(25)19-14-9-12(23-2)5-7-16(14)24-3/h4-9,22H,1-3H3,(H2,19,21,25). The van der Waals surface area contributed by atoms with Crippen molar-refractivity contribution in [2.45, 2.75) is 6.92 Å². The molecule has 0 saturated heterocycles. The van der Waals surface area contributed by atoms with Crippen LogP contribution in [0.15, 0.2) is 41.5 Å². The molecular weight excluding hydrogens is 362 g/mol. The molecule has 0 radical (unpaired) electrons. The SMILES string of the molecule is COc1ccc(OC)c(NC(=S)NN=C(C)c2cc(Cl)ccc2O)c1. The fraction of sp³-hybridized carbons (Fsp3) is 0.176. The van der Waals surface area contributed by atoms with Crippen LogP contribution in [0, 0.1) is 0 Å². The number of nitrogens with one attached hydrogen (secondary N) is 2. The van der Waals surface area contributed by atoms with Gasteiger partial charge >= 0.3 is 0 Å². The number of nitrogens with zero attached hydrogens (tertiary/aromatic N) is 1. The molecule has 2 rings (SSSR count). The van der Waals surface area contributed by atoms with E-state index in [1.54, 1.807) is 51.5 Å². The van der Waals surface area contributed by atoms with E-state index in [0.29, 0.717) is 33.5 Å². The summed E-state index contributed by atoms with van der Waals surface area (Å²) >= 11 is 11.2. The molecule has 3 N–H and O–H groups in total. The van der Waals surface area contributed by atoms with Crippen molar-refractivity contribution < 1.29 is 14.6 Å². The molecule has 25 heavy (non-hydrogen) atoms. The Morgan fingerprint density at radius 1 is 1.16 bits per heavy atom. The van der Waals surface area contributed by atoms with Gasteiger partial charge in [-0.3, -0.25) is 5.43 Å². The van der Waals surface area contributed by atoms with Gasteiger partial charge < -0.3 is 19.9 Å². The highest BCUT2D eigenvalue weighted by Crippen LogP contribution is 2.28. The third-order valence-corrected chi connectivity index (χ3v) is 3.76. The third kappa shape index (κ3) is 4.98. The summed E-state index contributed by atoms with van der Waals surface area (Å²) in [6, 6.07) is 10.0. The lowest BCUT2D eigenvalue weighted by atomic mass is 10.1. The van der Waals surface area contributed by atoms with Crippen molar-refractivity contribution in [2.24, 2.45) is 5.10 Å². The fourth-order valence-electron chi connectivity index (χ4n) is 2.05. The van der Waals surface area contributed by atoms with Crippen LogP contribution in [0.5, 0.6) is 17.2 Å². The molecule has 6 nitrogen and oxygen atoms in total. The van der Waals surface area contributed by atoms with E-state index >= 15 is 0 Å². The second kappa shape index (κ2) is 8.55. The zero-order chi connectivity index (χ0) is 18.4. The van der Waals surface area contributed by atoms with Gasteiger partial charge in [-0.25, -0.2) is 0 Å². The Hall–Kier alpha value is -2.51. The summed E-state index contributed by atoms with van der Waals surface area (Å²) in [6.07, 6.45) is 0. The Kier molecular flexibility index (Phi) is 6.44. The number of hydrogen-bond acceptors (Lipinski definition) is 5. The first-order valence-electron chi connectivity index (χ1n) is 7.26. The quantitative estimate of drug-likeness (QED) is 0.417. The van der Waals surface area contributed by atoms with Gasteiger partial charge in [-0.15, -0.1) is 0 Å². The number of halogens is 1. The van der Waals surface area contributed by atoms with Gasteiger partial charge in [0.15, 0.2) is 5.11 Å². The molecular formula is C17H18ClN3O3S. The van der Waals surface area contributed by atoms with Crippen LogP contribution in [0.1, 0.15) is 12.5 Å². The van der Waals surface area contributed by atoms with Crippen molar-refractivity contribution in [1.29, 1.82) is 0 Å². The number of thiocarbonyl (C=S) groups is 1. The maximum atomic E-state index is 9.89. The van der Waals surface area contributed by atoms with Crippen molar-refractivity contribution in [3.63, 3.8) is 0 Å². The molecule has 2 aromatic carbocycles. The lowest BCUT2D eigenvalue weighted by Gasteiger charge is -2.13. The number of phenolic OH excluding ortho intramolecular Hbond substituents is 1. The predicted molar refractivity (Wildman–Crippen MR) is 104 cm³/mol. The van der Waals surface area contributed by atoms with E-state index in [1.807, 2.05) is 0 Å². The highest BCUT2D eigenvalue weighted by Gasteiger charge is 2.08. The Bertz CT molecular complexity index is 812. The Morgan fingerprint density at radius 3 is 2.60 bits per heavy atom. The minimum Gasteiger partial charge on any atom is -0.507 e. The molecule has 0 amide bonds. The molecule has 0 bridgehead atoms. The number of phenols is 1. The van der Waals surface area contributed by atoms with Gasteiger partial charge in [-0.1, -0.05) is 11.6 Å². The van der Waals surface area contributed by atoms with Crippen molar-refractivity contribution in [3.05, 3.63) is 47.0 Å². The maximum Gasteiger partial charge on any atom is 0.191 e. The van der Waals surface area contributed by atoms with E-state index in [1.165, 1.54) is 6.07 Å². The second-order valence-electron chi connectivity index (χ2n) is 4.99. The molecule has 0 saturated carbocycles. The highest BCUT2D eigenvalue weighted by atomic mass is 35.5. The zero-order valence-corrected chi connectivity index (χ0v) is 15.5. The number of benzene rings is 2. The maximum absolute atomic E-state index is 9.89. The number of aromatic hydroxyl groups is 1. The van der Waals surface area contributed by atoms with E-state index in [9.17, 15) is 5.11 Å². The molecule has 0 aliphatic carbocycles. The monoisotopic (exact) mass is 379 g/mol. The van der Waals surface area contributed by atoms with Crippen LogP contribution in [0.3, 0.4) is 0 Å². The molecule has 0 fully saturated rings. The summed E-state index contributed by atoms with van der Waals surface area (Å²) in [4.78, 5) is 0. The average Bonchev–Trinajstić information content (AvgIpc) is 2.61. The van der Waals surface area contributed by atoms with Crippen LogP contribution in [0.4, 0.5) is 5.69 Å². The summed E-state index contributed by atoms with van der Waals surface area (Å²) < 4.78 is 10.5. The largest absolute Gasteiger partial charge is 0.507 e. The van der Waals surface area contributed by atoms with Gasteiger partial charge in [0.1, 0.15) is 17.2 Å². The van der Waals surface area contributed by atoms with Crippen molar-refractivity contribution in [3.8, 4) is 17.2 Å². The Morgan fingerprint density at radius 2 is 1.92 bits per heavy atom. The summed E-state index contributed by atoms with van der Waals surface area (Å²) in [5, 5.41) is 17.8. The second-order valence-corrected chi connectivity index (χ2v) is 5.84. The molecule has 132 valence electrons. The van der Waals surface area contributed by atoms with E-state index in [2.05, 4.69) is 15.8 Å². The lowest BCUT2D eigenvalue weighted by Crippen LogP contribution is -2.25. The van der Waals surface area contributed by atoms with Crippen molar-refractivity contribution >= 4 is 40.3 Å². The first-order chi connectivity index (χ1) is 11.9. The minimum atomic E-state index is 0.0841. The highest BCUT2D eigenvalue weighted by molar-refractivity contribution is 7.80. The number of hydrogen-bond donors (Lipinski definition) is 3. The molecule has 8 heteroatoms. The Labute approximate surface area is 156 Å². The summed E-state index contributed by atoms with van der Waals surface area (Å²) in [7, 11) is 3.14. The average molecular weight is 380 g/mol. The van der Waals surface area contributed by atoms with Gasteiger partial charge in [-0.05, 0) is 49.5 Å². The lowest BCUT2D eigenvalue weighted by molar-refractivity contribution is 0.405. The van der Waals surface area contributed by atoms with E-state index in [4.69, 9.17) is 33.3 Å². The summed E-state index contributed by atoms with van der Waals surface area (Å²) in [6.45, 7) is 1.73. The van der Waals surface area contributed by atoms with Crippen LogP contribution in [0.25, 0.3) is 0 Å². The minimum absolute atomic E-state index is 0.0841. The van der Waals surface area contributed by atoms with Crippen LogP contribution < -0.4 is 20.2 Å². The van der Waals surface area contributed by atoms with Crippen LogP contribution in [-0.2, 0) is 0 Å². The van der Waals surface area contributed by atoms with Gasteiger partial charge in [-0.2, -0.15) is 5.10 Å². The van der Waals surface area contributed by atoms with E-state index < -0.39 is 0 Å². The van der Waals surface area contributed by atoms with E-state index in [0.717, 1.165) is 0 Å². The molecule has 0 heterocycles. The van der Waals surface area contributed by atoms with Crippen molar-refractivity contribution in [1.82, 2.24) is 5.43 Å². The number of hydrazone groups is 1. The summed E-state index contributed by atoms with van der Waals surface area (Å²) in [5.74, 6) is 1.36. The zero-order valence-electron chi connectivity index (χ0n) is 14.0. The van der Waals surface area contributed by atoms with Crippen molar-refractivity contribution in [2.75, 3.05) is 19.5 Å². The van der Waals surface area contributed by atoms with Gasteiger partial charge in [0.2, 0.25) is 0 Å². The molecule has 0 aromatic heterocycles. The first-order valence-corrected chi connectivity index (χ1v) is 8.05. The van der Waals surface area contributed by atoms with Gasteiger partial charge in [0, 0.05) is 16.7 Å². The van der Waals surface area contributed by atoms with Gasteiger partial charge in [0.05, 0.1) is 25.6 Å². The topological polar surface area (TPSA) is 75.1 Å². The van der Waals surface area contributed by atoms with Crippen LogP contribution in [-0.4, -0.2) is 30.2 Å². The fourth-order valence-corrected chi connectivity index (χ4v) is 2.38. The number of methoxy groups -OCH3 is 2. The van der Waals surface area contributed by atoms with Crippen LogP contribution in [0.2, 0.25) is 5.02 Å². The smallest absolute Gasteiger partial charge is 0.191 e.